The van der Waals surface area contributed by atoms with E-state index in [1.807, 2.05) is 19.9 Å². The molecular formula is C19H29NO3. The van der Waals surface area contributed by atoms with E-state index in [1.54, 1.807) is 6.20 Å². The maximum Gasteiger partial charge on any atom is 0.338 e. The zero-order chi connectivity index (χ0) is 17.2. The summed E-state index contributed by atoms with van der Waals surface area (Å²) in [4.78, 5) is 12.1. The molecule has 1 saturated carbocycles. The Bertz CT molecular complexity index is 537. The van der Waals surface area contributed by atoms with Crippen molar-refractivity contribution in [1.29, 1.82) is 0 Å². The summed E-state index contributed by atoms with van der Waals surface area (Å²) in [5.41, 5.74) is 5.13. The quantitative estimate of drug-likeness (QED) is 0.475. The van der Waals surface area contributed by atoms with Crippen LogP contribution in [-0.4, -0.2) is 22.8 Å². The van der Waals surface area contributed by atoms with Crippen LogP contribution in [0.5, 0.6) is 0 Å². The van der Waals surface area contributed by atoms with Gasteiger partial charge in [-0.05, 0) is 56.2 Å². The number of ether oxygens (including phenoxy) is 1. The van der Waals surface area contributed by atoms with Crippen molar-refractivity contribution >= 4 is 5.97 Å². The first kappa shape index (κ1) is 17.8. The van der Waals surface area contributed by atoms with Crippen LogP contribution in [0.1, 0.15) is 40.5 Å². The topological polar surface area (TPSA) is 72.5 Å². The largest absolute Gasteiger partial charge is 0.460 e. The van der Waals surface area contributed by atoms with E-state index in [0.717, 1.165) is 12.0 Å². The maximum absolute atomic E-state index is 12.1. The Morgan fingerprint density at radius 2 is 2.09 bits per heavy atom. The average Bonchev–Trinajstić information content (AvgIpc) is 2.72. The van der Waals surface area contributed by atoms with Crippen molar-refractivity contribution in [3.63, 3.8) is 0 Å². The Morgan fingerprint density at radius 3 is 2.74 bits per heavy atom. The molecule has 0 aromatic rings. The van der Waals surface area contributed by atoms with Gasteiger partial charge < -0.3 is 15.6 Å². The summed E-state index contributed by atoms with van der Waals surface area (Å²) in [5, 5.41) is 10.9. The molecular weight excluding hydrogens is 290 g/mol. The lowest BCUT2D eigenvalue weighted by Crippen LogP contribution is -2.52. The molecule has 0 radical (unpaired) electrons. The van der Waals surface area contributed by atoms with E-state index in [4.69, 9.17) is 10.5 Å². The summed E-state index contributed by atoms with van der Waals surface area (Å²) in [6.07, 6.45) is 10.9. The number of rotatable bonds is 4. The highest BCUT2D eigenvalue weighted by molar-refractivity contribution is 5.82. The van der Waals surface area contributed by atoms with Crippen molar-refractivity contribution < 1.29 is 14.6 Å². The van der Waals surface area contributed by atoms with Crippen LogP contribution in [0.2, 0.25) is 0 Å². The number of carbonyl (C=O) groups is 1. The van der Waals surface area contributed by atoms with Crippen molar-refractivity contribution in [2.45, 2.75) is 52.2 Å². The van der Waals surface area contributed by atoms with Crippen LogP contribution in [0.4, 0.5) is 0 Å². The van der Waals surface area contributed by atoms with E-state index in [-0.39, 0.29) is 23.9 Å². The first-order chi connectivity index (χ1) is 10.8. The van der Waals surface area contributed by atoms with E-state index in [9.17, 15) is 9.90 Å². The standard InChI is InChI=1S/C19H29NO3/c1-12(11-20)8-6-5-7-9-16-14(3)13(2)10-19(22)17(16)15(4)23-18(19)21/h6-9,11,13-17,22H,5,10,20H2,1-4H3/b8-6-,9-7+,12-11-/t13-,14?,15+,16-,17-,19-/m0/s1. The highest BCUT2D eigenvalue weighted by Gasteiger charge is 2.61. The van der Waals surface area contributed by atoms with Crippen molar-refractivity contribution in [2.24, 2.45) is 29.4 Å². The van der Waals surface area contributed by atoms with Gasteiger partial charge in [0.15, 0.2) is 5.60 Å². The fraction of sp³-hybridized carbons (Fsp3) is 0.632. The molecule has 1 aliphatic heterocycles. The molecule has 1 unspecified atom stereocenters. The average molecular weight is 319 g/mol. The lowest BCUT2D eigenvalue weighted by atomic mass is 9.60. The normalized spacial score (nSPS) is 41.5. The smallest absolute Gasteiger partial charge is 0.338 e. The zero-order valence-corrected chi connectivity index (χ0v) is 14.5. The fourth-order valence-electron chi connectivity index (χ4n) is 4.02. The third-order valence-corrected chi connectivity index (χ3v) is 5.53. The summed E-state index contributed by atoms with van der Waals surface area (Å²) >= 11 is 0. The number of cyclic esters (lactones) is 1. The first-order valence-corrected chi connectivity index (χ1v) is 8.46. The summed E-state index contributed by atoms with van der Waals surface area (Å²) in [5.74, 6) is 0.220. The number of esters is 1. The number of fused-ring (bicyclic) bond motifs is 1. The minimum Gasteiger partial charge on any atom is -0.460 e. The molecule has 2 aliphatic rings. The molecule has 0 aromatic heterocycles. The van der Waals surface area contributed by atoms with Crippen LogP contribution in [0, 0.1) is 23.7 Å². The molecule has 2 rings (SSSR count). The van der Waals surface area contributed by atoms with Crippen molar-refractivity contribution in [2.75, 3.05) is 0 Å². The van der Waals surface area contributed by atoms with Gasteiger partial charge in [0.1, 0.15) is 6.10 Å². The molecule has 1 aliphatic carbocycles. The van der Waals surface area contributed by atoms with Gasteiger partial charge in [0, 0.05) is 5.92 Å². The third kappa shape index (κ3) is 3.37. The predicted molar refractivity (Wildman–Crippen MR) is 91.3 cm³/mol. The second-order valence-corrected chi connectivity index (χ2v) is 7.16. The molecule has 3 N–H and O–H groups in total. The number of carbonyl (C=O) groups excluding carboxylic acids is 1. The SMILES string of the molecule is CC(/C=C\C/C=C/[C@H]1C(C)[C@@H](C)C[C@@]2(O)C(=O)O[C@H](C)[C@@H]12)=C/N. The van der Waals surface area contributed by atoms with E-state index >= 15 is 0 Å². The molecule has 1 heterocycles. The summed E-state index contributed by atoms with van der Waals surface area (Å²) < 4.78 is 5.35. The molecule has 0 bridgehead atoms. The van der Waals surface area contributed by atoms with Crippen LogP contribution in [-0.2, 0) is 9.53 Å². The lowest BCUT2D eigenvalue weighted by molar-refractivity contribution is -0.160. The molecule has 1 saturated heterocycles. The Kier molecular flexibility index (Phi) is 5.35. The number of aliphatic hydroxyl groups is 1. The van der Waals surface area contributed by atoms with E-state index in [1.165, 1.54) is 0 Å². The van der Waals surface area contributed by atoms with Gasteiger partial charge in [-0.2, -0.15) is 0 Å². The molecule has 23 heavy (non-hydrogen) atoms. The Morgan fingerprint density at radius 1 is 1.39 bits per heavy atom. The highest BCUT2D eigenvalue weighted by Crippen LogP contribution is 2.51. The third-order valence-electron chi connectivity index (χ3n) is 5.53. The highest BCUT2D eigenvalue weighted by atomic mass is 16.6. The van der Waals surface area contributed by atoms with Crippen molar-refractivity contribution in [1.82, 2.24) is 0 Å². The molecule has 0 spiro atoms. The number of hydrogen-bond donors (Lipinski definition) is 2. The molecule has 4 nitrogen and oxygen atoms in total. The van der Waals surface area contributed by atoms with Crippen LogP contribution in [0.25, 0.3) is 0 Å². The molecule has 4 heteroatoms. The van der Waals surface area contributed by atoms with Gasteiger partial charge >= 0.3 is 5.97 Å². The van der Waals surface area contributed by atoms with Crippen LogP contribution >= 0.6 is 0 Å². The minimum atomic E-state index is -1.32. The Labute approximate surface area is 139 Å². The van der Waals surface area contributed by atoms with Crippen LogP contribution in [0.15, 0.2) is 36.1 Å². The molecule has 128 valence electrons. The van der Waals surface area contributed by atoms with Crippen LogP contribution < -0.4 is 5.73 Å². The minimum absolute atomic E-state index is 0.143. The molecule has 2 fully saturated rings. The van der Waals surface area contributed by atoms with Gasteiger partial charge in [0.05, 0.1) is 0 Å². The molecule has 6 atom stereocenters. The Hall–Kier alpha value is -1.55. The zero-order valence-electron chi connectivity index (χ0n) is 14.5. The van der Waals surface area contributed by atoms with Gasteiger partial charge in [-0.15, -0.1) is 0 Å². The number of nitrogens with two attached hydrogens (primary N) is 1. The van der Waals surface area contributed by atoms with Gasteiger partial charge in [-0.1, -0.05) is 38.2 Å². The van der Waals surface area contributed by atoms with Gasteiger partial charge in [-0.25, -0.2) is 4.79 Å². The van der Waals surface area contributed by atoms with E-state index in [2.05, 4.69) is 32.1 Å². The Balaban J connectivity index is 2.14. The first-order valence-electron chi connectivity index (χ1n) is 8.46. The second kappa shape index (κ2) is 6.91. The summed E-state index contributed by atoms with van der Waals surface area (Å²) in [7, 11) is 0. The van der Waals surface area contributed by atoms with E-state index in [0.29, 0.717) is 12.3 Å². The van der Waals surface area contributed by atoms with Gasteiger partial charge in [-0.3, -0.25) is 0 Å². The van der Waals surface area contributed by atoms with Gasteiger partial charge in [0.25, 0.3) is 0 Å². The van der Waals surface area contributed by atoms with Gasteiger partial charge in [0.2, 0.25) is 0 Å². The lowest BCUT2D eigenvalue weighted by Gasteiger charge is -2.44. The fourth-order valence-corrected chi connectivity index (χ4v) is 4.02. The monoisotopic (exact) mass is 319 g/mol. The van der Waals surface area contributed by atoms with Crippen molar-refractivity contribution in [3.05, 3.63) is 36.1 Å². The predicted octanol–water partition coefficient (Wildman–Crippen LogP) is 2.94. The summed E-state index contributed by atoms with van der Waals surface area (Å²) in [6, 6.07) is 0. The van der Waals surface area contributed by atoms with Crippen LogP contribution in [0.3, 0.4) is 0 Å². The van der Waals surface area contributed by atoms with Crippen molar-refractivity contribution in [3.8, 4) is 0 Å². The maximum atomic E-state index is 12.1. The second-order valence-electron chi connectivity index (χ2n) is 7.16. The van der Waals surface area contributed by atoms with E-state index < -0.39 is 11.6 Å². The number of hydrogen-bond acceptors (Lipinski definition) is 4. The summed E-state index contributed by atoms with van der Waals surface area (Å²) in [6.45, 7) is 8.14. The number of allylic oxidation sites excluding steroid dienone is 5. The molecule has 0 amide bonds. The molecule has 0 aromatic carbocycles.